The first-order valence-electron chi connectivity index (χ1n) is 9.59. The molecule has 1 aliphatic rings. The van der Waals surface area contributed by atoms with Crippen molar-refractivity contribution >= 4 is 31.4 Å². The summed E-state index contributed by atoms with van der Waals surface area (Å²) in [6, 6.07) is 10.3. The number of thiophene rings is 1. The Kier molecular flexibility index (Phi) is 5.37. The van der Waals surface area contributed by atoms with Gasteiger partial charge in [0.25, 0.3) is 5.56 Å². The monoisotopic (exact) mass is 431 g/mol. The van der Waals surface area contributed by atoms with Gasteiger partial charge in [-0.05, 0) is 18.6 Å². The smallest absolute Gasteiger partial charge is 0.259 e. The summed E-state index contributed by atoms with van der Waals surface area (Å²) in [5, 5.41) is 0.751. The summed E-state index contributed by atoms with van der Waals surface area (Å²) in [6.07, 6.45) is 3.18. The van der Waals surface area contributed by atoms with Crippen LogP contribution in [-0.4, -0.2) is 54.6 Å². The first-order valence-corrected chi connectivity index (χ1v) is 12.3. The highest BCUT2D eigenvalue weighted by Crippen LogP contribution is 2.34. The highest BCUT2D eigenvalue weighted by molar-refractivity contribution is 7.88. The van der Waals surface area contributed by atoms with Crippen molar-refractivity contribution in [1.29, 1.82) is 0 Å². The summed E-state index contributed by atoms with van der Waals surface area (Å²) < 4.78 is 27.6. The van der Waals surface area contributed by atoms with Crippen LogP contribution in [0.15, 0.2) is 41.3 Å². The molecule has 3 heterocycles. The number of hydrogen-bond acceptors (Lipinski definition) is 5. The van der Waals surface area contributed by atoms with Crippen molar-refractivity contribution in [3.05, 3.63) is 57.3 Å². The molecular formula is C21H25N3O3S2. The first kappa shape index (κ1) is 20.3. The van der Waals surface area contributed by atoms with Gasteiger partial charge in [-0.3, -0.25) is 9.69 Å². The van der Waals surface area contributed by atoms with E-state index in [0.717, 1.165) is 32.6 Å². The van der Waals surface area contributed by atoms with E-state index in [9.17, 15) is 13.2 Å². The molecule has 2 aromatic heterocycles. The molecule has 29 heavy (non-hydrogen) atoms. The molecule has 0 spiro atoms. The van der Waals surface area contributed by atoms with Crippen LogP contribution in [0.5, 0.6) is 0 Å². The van der Waals surface area contributed by atoms with E-state index in [4.69, 9.17) is 0 Å². The predicted octanol–water partition coefficient (Wildman–Crippen LogP) is 2.65. The van der Waals surface area contributed by atoms with Gasteiger partial charge in [0.15, 0.2) is 0 Å². The van der Waals surface area contributed by atoms with Crippen LogP contribution in [0.2, 0.25) is 0 Å². The summed E-state index contributed by atoms with van der Waals surface area (Å²) in [5.41, 5.74) is 3.38. The van der Waals surface area contributed by atoms with E-state index in [2.05, 4.69) is 30.0 Å². The van der Waals surface area contributed by atoms with Crippen molar-refractivity contribution < 1.29 is 8.42 Å². The van der Waals surface area contributed by atoms with Crippen molar-refractivity contribution in [1.82, 2.24) is 13.8 Å². The maximum Gasteiger partial charge on any atom is 0.259 e. The summed E-state index contributed by atoms with van der Waals surface area (Å²) in [6.45, 7) is 5.22. The zero-order valence-electron chi connectivity index (χ0n) is 16.9. The third kappa shape index (κ3) is 4.16. The van der Waals surface area contributed by atoms with Gasteiger partial charge in [0.05, 0.1) is 11.6 Å². The lowest BCUT2D eigenvalue weighted by Crippen LogP contribution is -2.47. The van der Waals surface area contributed by atoms with Crippen molar-refractivity contribution in [2.75, 3.05) is 32.4 Å². The zero-order valence-corrected chi connectivity index (χ0v) is 18.5. The summed E-state index contributed by atoms with van der Waals surface area (Å²) in [7, 11) is -1.33. The van der Waals surface area contributed by atoms with Gasteiger partial charge in [0.1, 0.15) is 0 Å². The molecule has 1 fully saturated rings. The number of piperazine rings is 1. The molecule has 6 nitrogen and oxygen atoms in total. The summed E-state index contributed by atoms with van der Waals surface area (Å²) in [4.78, 5) is 16.1. The quantitative estimate of drug-likeness (QED) is 0.637. The fourth-order valence-electron chi connectivity index (χ4n) is 3.84. The van der Waals surface area contributed by atoms with Gasteiger partial charge in [-0.25, -0.2) is 8.42 Å². The molecule has 0 aliphatic carbocycles. The summed E-state index contributed by atoms with van der Waals surface area (Å²) in [5.74, 6) is 0. The number of benzene rings is 1. The number of hydrogen-bond donors (Lipinski definition) is 0. The van der Waals surface area contributed by atoms with Crippen molar-refractivity contribution in [2.45, 2.75) is 13.5 Å². The Hall–Kier alpha value is -2.00. The molecular weight excluding hydrogens is 406 g/mol. The average Bonchev–Trinajstić information content (AvgIpc) is 3.08. The maximum atomic E-state index is 12.7. The largest absolute Gasteiger partial charge is 0.317 e. The molecule has 8 heteroatoms. The van der Waals surface area contributed by atoms with Crippen LogP contribution in [0.3, 0.4) is 0 Å². The fourth-order valence-corrected chi connectivity index (χ4v) is 5.89. The number of fused-ring (bicyclic) bond motifs is 1. The van der Waals surface area contributed by atoms with Crippen LogP contribution in [-0.2, 0) is 23.6 Å². The molecule has 0 atom stereocenters. The highest BCUT2D eigenvalue weighted by atomic mass is 32.2. The van der Waals surface area contributed by atoms with E-state index < -0.39 is 10.0 Å². The molecule has 1 aromatic carbocycles. The van der Waals surface area contributed by atoms with E-state index in [1.54, 1.807) is 23.0 Å². The first-order chi connectivity index (χ1) is 13.7. The van der Waals surface area contributed by atoms with Crippen LogP contribution in [0.25, 0.3) is 21.2 Å². The molecule has 154 valence electrons. The van der Waals surface area contributed by atoms with Gasteiger partial charge in [0.2, 0.25) is 10.0 Å². The molecule has 0 radical (unpaired) electrons. The molecule has 0 N–H and O–H groups in total. The van der Waals surface area contributed by atoms with Crippen molar-refractivity contribution in [3.8, 4) is 11.1 Å². The van der Waals surface area contributed by atoms with Crippen molar-refractivity contribution in [2.24, 2.45) is 7.05 Å². The number of sulfonamides is 1. The molecule has 0 bridgehead atoms. The summed E-state index contributed by atoms with van der Waals surface area (Å²) >= 11 is 1.66. The molecule has 3 aromatic rings. The highest BCUT2D eigenvalue weighted by Gasteiger charge is 2.24. The molecule has 1 saturated heterocycles. The molecule has 1 aliphatic heterocycles. The fraction of sp³-hybridized carbons (Fsp3) is 0.381. The minimum atomic E-state index is -3.13. The SMILES string of the molecule is Cc1cccc(-c2cn(C)c(=O)c3cc(CN4CCN(S(C)(=O)=O)CC4)sc23)c1. The maximum absolute atomic E-state index is 12.7. The van der Waals surface area contributed by atoms with Crippen LogP contribution < -0.4 is 5.56 Å². The lowest BCUT2D eigenvalue weighted by atomic mass is 10.0. The van der Waals surface area contributed by atoms with Gasteiger partial charge in [0, 0.05) is 61.1 Å². The van der Waals surface area contributed by atoms with Gasteiger partial charge in [-0.1, -0.05) is 29.8 Å². The Morgan fingerprint density at radius 3 is 2.48 bits per heavy atom. The van der Waals surface area contributed by atoms with Crippen LogP contribution in [0.1, 0.15) is 10.4 Å². The van der Waals surface area contributed by atoms with Gasteiger partial charge >= 0.3 is 0 Å². The Morgan fingerprint density at radius 2 is 1.83 bits per heavy atom. The third-order valence-corrected chi connectivity index (χ3v) is 7.87. The van der Waals surface area contributed by atoms with Crippen LogP contribution >= 0.6 is 11.3 Å². The molecule has 4 rings (SSSR count). The van der Waals surface area contributed by atoms with Gasteiger partial charge in [-0.15, -0.1) is 11.3 Å². The number of rotatable bonds is 4. The van der Waals surface area contributed by atoms with E-state index in [0.29, 0.717) is 26.2 Å². The number of aryl methyl sites for hydroxylation is 2. The van der Waals surface area contributed by atoms with E-state index in [-0.39, 0.29) is 5.56 Å². The number of aromatic nitrogens is 1. The molecule has 0 saturated carbocycles. The zero-order chi connectivity index (χ0) is 20.8. The van der Waals surface area contributed by atoms with Gasteiger partial charge in [-0.2, -0.15) is 4.31 Å². The van der Waals surface area contributed by atoms with E-state index >= 15 is 0 Å². The van der Waals surface area contributed by atoms with Crippen molar-refractivity contribution in [3.63, 3.8) is 0 Å². The van der Waals surface area contributed by atoms with Crippen LogP contribution in [0.4, 0.5) is 0 Å². The normalized spacial score (nSPS) is 16.5. The van der Waals surface area contributed by atoms with Crippen LogP contribution in [0, 0.1) is 6.92 Å². The Bertz CT molecular complexity index is 1220. The van der Waals surface area contributed by atoms with E-state index in [1.807, 2.05) is 18.3 Å². The van der Waals surface area contributed by atoms with E-state index in [1.165, 1.54) is 16.1 Å². The molecule has 0 amide bonds. The number of nitrogens with zero attached hydrogens (tertiary/aromatic N) is 3. The Balaban J connectivity index is 1.65. The number of pyridine rings is 1. The molecule has 0 unspecified atom stereocenters. The average molecular weight is 432 g/mol. The second kappa shape index (κ2) is 7.68. The minimum absolute atomic E-state index is 0.0146. The Labute approximate surface area is 175 Å². The standard InChI is InChI=1S/C21H25N3O3S2/c1-15-5-4-6-16(11-15)19-14-22(2)21(25)18-12-17(28-20(18)19)13-23-7-9-24(10-8-23)29(3,26)27/h4-6,11-12,14H,7-10,13H2,1-3H3. The van der Waals surface area contributed by atoms with Gasteiger partial charge < -0.3 is 4.57 Å². The lowest BCUT2D eigenvalue weighted by molar-refractivity contribution is 0.183. The lowest BCUT2D eigenvalue weighted by Gasteiger charge is -2.32. The second-order valence-electron chi connectivity index (χ2n) is 7.72. The minimum Gasteiger partial charge on any atom is -0.317 e. The predicted molar refractivity (Wildman–Crippen MR) is 119 cm³/mol. The second-order valence-corrected chi connectivity index (χ2v) is 10.8. The topological polar surface area (TPSA) is 62.6 Å². The Morgan fingerprint density at radius 1 is 1.10 bits per heavy atom. The third-order valence-electron chi connectivity index (χ3n) is 5.41.